The molecule has 4 amide bonds. The van der Waals surface area contributed by atoms with E-state index < -0.39 is 23.6 Å². The van der Waals surface area contributed by atoms with Crippen molar-refractivity contribution < 1.29 is 23.9 Å². The smallest absolute Gasteiger partial charge is 0.286 e. The molecule has 5 heterocycles. The van der Waals surface area contributed by atoms with Gasteiger partial charge in [0.15, 0.2) is 10.7 Å². The molecule has 0 aliphatic rings. The molecule has 250 valence electrons. The summed E-state index contributed by atoms with van der Waals surface area (Å²) in [5, 5.41) is 11.9. The lowest BCUT2D eigenvalue weighted by molar-refractivity contribution is 0.0991. The number of aromatic nitrogens is 8. The first-order chi connectivity index (χ1) is 23.6. The lowest BCUT2D eigenvalue weighted by Crippen LogP contribution is -2.20. The van der Waals surface area contributed by atoms with Gasteiger partial charge in [0.2, 0.25) is 23.7 Å². The van der Waals surface area contributed by atoms with Crippen LogP contribution in [0.1, 0.15) is 53.6 Å². The van der Waals surface area contributed by atoms with Crippen LogP contribution in [0.15, 0.2) is 54.2 Å². The quantitative estimate of drug-likeness (QED) is 0.138. The molecule has 49 heavy (non-hydrogen) atoms. The van der Waals surface area contributed by atoms with Crippen LogP contribution in [0.5, 0.6) is 5.75 Å². The van der Waals surface area contributed by atoms with Gasteiger partial charge in [-0.05, 0) is 38.1 Å². The molecule has 0 atom stereocenters. The predicted octanol–water partition coefficient (Wildman–Crippen LogP) is 2.73. The summed E-state index contributed by atoms with van der Waals surface area (Å²) in [5.74, 6) is -1.52. The Morgan fingerprint density at radius 1 is 0.898 bits per heavy atom. The Hall–Kier alpha value is -6.43. The van der Waals surface area contributed by atoms with Gasteiger partial charge in [0, 0.05) is 43.0 Å². The maximum atomic E-state index is 13.3. The summed E-state index contributed by atoms with van der Waals surface area (Å²) in [4.78, 5) is 67.7. The number of carbonyl (C=O) groups is 4. The number of ether oxygens (including phenoxy) is 1. The first-order valence-corrected chi connectivity index (χ1v) is 15.7. The molecule has 5 aromatic heterocycles. The van der Waals surface area contributed by atoms with Gasteiger partial charge in [-0.25, -0.2) is 19.9 Å². The molecule has 6 aromatic rings. The van der Waals surface area contributed by atoms with Crippen molar-refractivity contribution >= 4 is 69.1 Å². The molecule has 0 bridgehead atoms. The monoisotopic (exact) mass is 682 g/mol. The normalized spacial score (nSPS) is 11.4. The summed E-state index contributed by atoms with van der Waals surface area (Å²) in [6, 6.07) is 6.20. The zero-order valence-corrected chi connectivity index (χ0v) is 27.3. The van der Waals surface area contributed by atoms with Crippen LogP contribution in [0.4, 0.5) is 11.9 Å². The number of anilines is 2. The number of nitrogens with zero attached hydrogens (tertiary/aromatic N) is 8. The number of amides is 4. The molecule has 0 radical (unpaired) electrons. The van der Waals surface area contributed by atoms with E-state index in [-0.39, 0.29) is 41.1 Å². The van der Waals surface area contributed by atoms with E-state index in [1.54, 1.807) is 32.2 Å². The van der Waals surface area contributed by atoms with Crippen LogP contribution < -0.4 is 26.8 Å². The second-order valence-electron chi connectivity index (χ2n) is 10.6. The number of aryl methyl sites for hydroxylation is 2. The van der Waals surface area contributed by atoms with Crippen molar-refractivity contribution in [1.29, 1.82) is 0 Å². The third-order valence-corrected chi connectivity index (χ3v) is 8.21. The number of hydrogen-bond acceptors (Lipinski definition) is 11. The molecule has 17 nitrogen and oxygen atoms in total. The SMILES string of the molecule is CCn1nc(C)cc1C(=O)Nc1nc2cc(C(N)=O)cnc2n1CC=CCn1c(NC(=O)c2nccs2)nc2cc(C(N)=O)cc(OC)c21. The molecular weight excluding hydrogens is 652 g/mol. The van der Waals surface area contributed by atoms with Crippen LogP contribution >= 0.6 is 11.3 Å². The van der Waals surface area contributed by atoms with E-state index in [0.717, 1.165) is 0 Å². The van der Waals surface area contributed by atoms with E-state index >= 15 is 0 Å². The molecule has 0 aliphatic heterocycles. The van der Waals surface area contributed by atoms with Crippen LogP contribution in [0.25, 0.3) is 22.2 Å². The third kappa shape index (κ3) is 6.44. The van der Waals surface area contributed by atoms with Gasteiger partial charge in [0.1, 0.15) is 22.5 Å². The van der Waals surface area contributed by atoms with Gasteiger partial charge >= 0.3 is 0 Å². The van der Waals surface area contributed by atoms with Gasteiger partial charge < -0.3 is 20.8 Å². The van der Waals surface area contributed by atoms with Gasteiger partial charge in [-0.15, -0.1) is 11.3 Å². The molecule has 6 N–H and O–H groups in total. The largest absolute Gasteiger partial charge is 0.494 e. The number of hydrogen-bond donors (Lipinski definition) is 4. The van der Waals surface area contributed by atoms with Crippen LogP contribution in [0.2, 0.25) is 0 Å². The summed E-state index contributed by atoms with van der Waals surface area (Å²) in [6.45, 7) is 4.55. The van der Waals surface area contributed by atoms with Crippen LogP contribution in [0.3, 0.4) is 0 Å². The minimum absolute atomic E-state index is 0.165. The highest BCUT2D eigenvalue weighted by Gasteiger charge is 2.21. The average Bonchev–Trinajstić information content (AvgIpc) is 3.88. The van der Waals surface area contributed by atoms with Gasteiger partial charge in [0.05, 0.1) is 23.9 Å². The number of rotatable bonds is 12. The summed E-state index contributed by atoms with van der Waals surface area (Å²) in [7, 11) is 1.45. The molecule has 18 heteroatoms. The number of methoxy groups -OCH3 is 1. The van der Waals surface area contributed by atoms with Crippen molar-refractivity contribution in [3.63, 3.8) is 0 Å². The number of imidazole rings is 2. The Balaban J connectivity index is 1.35. The van der Waals surface area contributed by atoms with E-state index in [9.17, 15) is 19.2 Å². The predicted molar refractivity (Wildman–Crippen MR) is 181 cm³/mol. The number of fused-ring (bicyclic) bond motifs is 2. The average molecular weight is 683 g/mol. The second-order valence-corrected chi connectivity index (χ2v) is 11.5. The molecule has 0 unspecified atom stereocenters. The number of benzene rings is 1. The van der Waals surface area contributed by atoms with Crippen molar-refractivity contribution in [1.82, 2.24) is 38.9 Å². The minimum atomic E-state index is -0.666. The summed E-state index contributed by atoms with van der Waals surface area (Å²) in [5.41, 5.74) is 14.0. The fourth-order valence-corrected chi connectivity index (χ4v) is 5.73. The fourth-order valence-electron chi connectivity index (χ4n) is 5.20. The first-order valence-electron chi connectivity index (χ1n) is 14.8. The molecule has 1 aromatic carbocycles. The number of allylic oxidation sites excluding steroid dienone is 2. The lowest BCUT2D eigenvalue weighted by Gasteiger charge is -2.11. The zero-order chi connectivity index (χ0) is 34.8. The summed E-state index contributed by atoms with van der Waals surface area (Å²) < 4.78 is 10.5. The van der Waals surface area contributed by atoms with E-state index in [1.807, 2.05) is 19.1 Å². The maximum Gasteiger partial charge on any atom is 0.286 e. The van der Waals surface area contributed by atoms with Gasteiger partial charge in [-0.1, -0.05) is 12.2 Å². The van der Waals surface area contributed by atoms with Crippen molar-refractivity contribution in [3.8, 4) is 5.75 Å². The number of primary amides is 2. The minimum Gasteiger partial charge on any atom is -0.494 e. The third-order valence-electron chi connectivity index (χ3n) is 7.43. The Bertz CT molecular complexity index is 2280. The Morgan fingerprint density at radius 3 is 2.24 bits per heavy atom. The van der Waals surface area contributed by atoms with Crippen molar-refractivity contribution in [2.24, 2.45) is 11.5 Å². The maximum absolute atomic E-state index is 13.3. The van der Waals surface area contributed by atoms with Crippen LogP contribution in [-0.4, -0.2) is 69.6 Å². The molecule has 0 fully saturated rings. The highest BCUT2D eigenvalue weighted by Crippen LogP contribution is 2.31. The summed E-state index contributed by atoms with van der Waals surface area (Å²) in [6.07, 6.45) is 6.48. The molecular formula is C31H30N12O5S. The number of nitrogens with two attached hydrogens (primary N) is 2. The van der Waals surface area contributed by atoms with E-state index in [2.05, 4.69) is 35.7 Å². The van der Waals surface area contributed by atoms with Gasteiger partial charge in [0.25, 0.3) is 11.8 Å². The fraction of sp³-hybridized carbons (Fsp3) is 0.194. The van der Waals surface area contributed by atoms with Gasteiger partial charge in [-0.2, -0.15) is 5.10 Å². The second kappa shape index (κ2) is 13.4. The van der Waals surface area contributed by atoms with Gasteiger partial charge in [-0.3, -0.25) is 39.1 Å². The Labute approximate surface area is 281 Å². The molecule has 0 aliphatic carbocycles. The Kier molecular flexibility index (Phi) is 8.86. The standard InChI is InChI=1S/C31H30N12O5S/c1-4-43-21(11-16(2)40-43)27(46)38-31-37-20-13-18(25(33)45)15-35-26(20)42(31)9-6-5-8-41-23-19(12-17(24(32)44)14-22(23)48-3)36-30(41)39-28(47)29-34-7-10-49-29/h5-7,10-15H,4,8-9H2,1-3H3,(H2,32,44)(H2,33,45)(H,36,39,47)(H,37,38,46). The Morgan fingerprint density at radius 2 is 1.57 bits per heavy atom. The van der Waals surface area contributed by atoms with Crippen molar-refractivity contribution in [2.75, 3.05) is 17.7 Å². The van der Waals surface area contributed by atoms with Crippen molar-refractivity contribution in [2.45, 2.75) is 33.5 Å². The zero-order valence-electron chi connectivity index (χ0n) is 26.5. The first kappa shape index (κ1) is 32.5. The van der Waals surface area contributed by atoms with Crippen LogP contribution in [-0.2, 0) is 19.6 Å². The van der Waals surface area contributed by atoms with Crippen molar-refractivity contribution in [3.05, 3.63) is 81.7 Å². The highest BCUT2D eigenvalue weighted by atomic mass is 32.1. The molecule has 0 spiro atoms. The van der Waals surface area contributed by atoms with Crippen LogP contribution in [0, 0.1) is 6.92 Å². The number of carbonyl (C=O) groups excluding carboxylic acids is 4. The van der Waals surface area contributed by atoms with E-state index in [1.165, 1.54) is 49.0 Å². The number of pyridine rings is 1. The topological polar surface area (TPSA) is 233 Å². The van der Waals surface area contributed by atoms with E-state index in [4.69, 9.17) is 16.2 Å². The van der Waals surface area contributed by atoms with E-state index in [0.29, 0.717) is 45.9 Å². The highest BCUT2D eigenvalue weighted by molar-refractivity contribution is 7.11. The lowest BCUT2D eigenvalue weighted by atomic mass is 10.1. The molecule has 0 saturated heterocycles. The summed E-state index contributed by atoms with van der Waals surface area (Å²) >= 11 is 1.17. The molecule has 6 rings (SSSR count). The number of nitrogens with one attached hydrogen (secondary N) is 2. The number of thiazole rings is 1. The molecule has 0 saturated carbocycles.